The predicted molar refractivity (Wildman–Crippen MR) is 70.0 cm³/mol. The summed E-state index contributed by atoms with van der Waals surface area (Å²) in [6.45, 7) is 5.72. The van der Waals surface area contributed by atoms with E-state index in [9.17, 15) is 0 Å². The molecule has 0 aliphatic carbocycles. The van der Waals surface area contributed by atoms with E-state index < -0.39 is 0 Å². The van der Waals surface area contributed by atoms with E-state index in [0.29, 0.717) is 0 Å². The van der Waals surface area contributed by atoms with Crippen LogP contribution in [0.5, 0.6) is 0 Å². The largest absolute Gasteiger partial charge is 0.372 e. The predicted octanol–water partition coefficient (Wildman–Crippen LogP) is 2.43. The quantitative estimate of drug-likeness (QED) is 0.838. The molecule has 1 aliphatic rings. The molecule has 0 amide bonds. The number of hydrogen-bond donors (Lipinski definition) is 1. The van der Waals surface area contributed by atoms with E-state index >= 15 is 0 Å². The molecule has 0 radical (unpaired) electrons. The topological polar surface area (TPSA) is 15.3 Å². The van der Waals surface area contributed by atoms with Crippen molar-refractivity contribution in [1.82, 2.24) is 5.32 Å². The number of rotatable bonds is 3. The monoisotopic (exact) mass is 218 g/mol. The van der Waals surface area contributed by atoms with Crippen molar-refractivity contribution in [2.24, 2.45) is 5.92 Å². The number of aryl methyl sites for hydroxylation is 1. The Hall–Kier alpha value is -1.02. The zero-order valence-electron chi connectivity index (χ0n) is 10.4. The van der Waals surface area contributed by atoms with Crippen LogP contribution in [0.1, 0.15) is 18.4 Å². The summed E-state index contributed by atoms with van der Waals surface area (Å²) in [6.07, 6.45) is 2.63. The van der Waals surface area contributed by atoms with Crippen molar-refractivity contribution in [2.45, 2.75) is 19.8 Å². The molecule has 2 rings (SSSR count). The van der Waals surface area contributed by atoms with Crippen LogP contribution in [-0.4, -0.2) is 26.7 Å². The maximum absolute atomic E-state index is 3.28. The molecule has 1 aromatic carbocycles. The number of anilines is 1. The van der Waals surface area contributed by atoms with E-state index in [1.54, 1.807) is 0 Å². The molecular weight excluding hydrogens is 196 g/mol. The van der Waals surface area contributed by atoms with Crippen LogP contribution in [0.25, 0.3) is 0 Å². The van der Waals surface area contributed by atoms with Gasteiger partial charge < -0.3 is 10.2 Å². The lowest BCUT2D eigenvalue weighted by Crippen LogP contribution is -2.36. The van der Waals surface area contributed by atoms with Crippen LogP contribution < -0.4 is 10.2 Å². The van der Waals surface area contributed by atoms with E-state index in [0.717, 1.165) is 5.92 Å². The van der Waals surface area contributed by atoms with Crippen molar-refractivity contribution in [3.63, 3.8) is 0 Å². The Morgan fingerprint density at radius 1 is 1.19 bits per heavy atom. The highest BCUT2D eigenvalue weighted by Crippen LogP contribution is 2.23. The number of nitrogens with one attached hydrogen (secondary N) is 1. The van der Waals surface area contributed by atoms with Crippen molar-refractivity contribution < 1.29 is 0 Å². The highest BCUT2D eigenvalue weighted by molar-refractivity contribution is 5.47. The van der Waals surface area contributed by atoms with Crippen LogP contribution >= 0.6 is 0 Å². The Kier molecular flexibility index (Phi) is 3.83. The third-order valence-electron chi connectivity index (χ3n) is 3.51. The summed E-state index contributed by atoms with van der Waals surface area (Å²) < 4.78 is 0. The van der Waals surface area contributed by atoms with E-state index in [4.69, 9.17) is 0 Å². The van der Waals surface area contributed by atoms with Crippen LogP contribution in [0.2, 0.25) is 0 Å². The average molecular weight is 218 g/mol. The zero-order chi connectivity index (χ0) is 11.4. The van der Waals surface area contributed by atoms with Gasteiger partial charge in [0.05, 0.1) is 0 Å². The summed E-state index contributed by atoms with van der Waals surface area (Å²) in [6, 6.07) is 8.89. The van der Waals surface area contributed by atoms with Crippen LogP contribution in [0, 0.1) is 12.8 Å². The summed E-state index contributed by atoms with van der Waals surface area (Å²) in [5, 5.41) is 3.28. The summed E-state index contributed by atoms with van der Waals surface area (Å²) in [4.78, 5) is 2.51. The van der Waals surface area contributed by atoms with Crippen LogP contribution in [0.4, 0.5) is 5.69 Å². The minimum absolute atomic E-state index is 0.867. The molecule has 1 aromatic rings. The Bertz CT molecular complexity index is 310. The average Bonchev–Trinajstić information content (AvgIpc) is 2.32. The zero-order valence-corrected chi connectivity index (χ0v) is 10.4. The smallest absolute Gasteiger partial charge is 0.0366 e. The highest BCUT2D eigenvalue weighted by atomic mass is 15.1. The molecular formula is C14H22N2. The Morgan fingerprint density at radius 2 is 1.81 bits per heavy atom. The van der Waals surface area contributed by atoms with E-state index in [-0.39, 0.29) is 0 Å². The molecule has 1 saturated heterocycles. The van der Waals surface area contributed by atoms with Gasteiger partial charge >= 0.3 is 0 Å². The second-order valence-corrected chi connectivity index (χ2v) is 4.82. The third kappa shape index (κ3) is 2.76. The van der Waals surface area contributed by atoms with Gasteiger partial charge in [-0.05, 0) is 51.4 Å². The van der Waals surface area contributed by atoms with Crippen LogP contribution in [0.15, 0.2) is 24.3 Å². The first-order valence-corrected chi connectivity index (χ1v) is 6.26. The molecule has 1 heterocycles. The van der Waals surface area contributed by atoms with Gasteiger partial charge in [0.1, 0.15) is 0 Å². The summed E-state index contributed by atoms with van der Waals surface area (Å²) in [5.41, 5.74) is 2.72. The van der Waals surface area contributed by atoms with Crippen molar-refractivity contribution in [1.29, 1.82) is 0 Å². The van der Waals surface area contributed by atoms with Gasteiger partial charge in [-0.1, -0.05) is 17.7 Å². The molecule has 2 heteroatoms. The molecule has 0 unspecified atom stereocenters. The van der Waals surface area contributed by atoms with Gasteiger partial charge in [0.25, 0.3) is 0 Å². The van der Waals surface area contributed by atoms with Crippen molar-refractivity contribution >= 4 is 5.69 Å². The minimum Gasteiger partial charge on any atom is -0.372 e. The van der Waals surface area contributed by atoms with Gasteiger partial charge in [-0.25, -0.2) is 0 Å². The van der Waals surface area contributed by atoms with E-state index in [2.05, 4.69) is 41.4 Å². The molecule has 0 saturated carbocycles. The van der Waals surface area contributed by atoms with Gasteiger partial charge in [-0.15, -0.1) is 0 Å². The number of nitrogens with zero attached hydrogens (tertiary/aromatic N) is 1. The van der Waals surface area contributed by atoms with Crippen LogP contribution in [0.3, 0.4) is 0 Å². The minimum atomic E-state index is 0.867. The van der Waals surface area contributed by atoms with E-state index in [1.165, 1.54) is 43.7 Å². The molecule has 88 valence electrons. The van der Waals surface area contributed by atoms with Gasteiger partial charge in [0.15, 0.2) is 0 Å². The number of piperidine rings is 1. The fourth-order valence-electron chi connectivity index (χ4n) is 2.44. The van der Waals surface area contributed by atoms with Gasteiger partial charge in [-0.2, -0.15) is 0 Å². The first-order chi connectivity index (χ1) is 7.79. The highest BCUT2D eigenvalue weighted by Gasteiger charge is 2.18. The fraction of sp³-hybridized carbons (Fsp3) is 0.571. The molecule has 0 aromatic heterocycles. The summed E-state index contributed by atoms with van der Waals surface area (Å²) >= 11 is 0. The normalized spacial score (nSPS) is 17.8. The molecule has 1 aliphatic heterocycles. The number of hydrogen-bond acceptors (Lipinski definition) is 2. The molecule has 16 heavy (non-hydrogen) atoms. The first-order valence-electron chi connectivity index (χ1n) is 6.26. The SMILES string of the molecule is CNCC1CCN(c2ccc(C)cc2)CC1. The third-order valence-corrected chi connectivity index (χ3v) is 3.51. The molecule has 0 spiro atoms. The van der Waals surface area contributed by atoms with Crippen molar-refractivity contribution in [3.8, 4) is 0 Å². The van der Waals surface area contributed by atoms with Gasteiger partial charge in [0, 0.05) is 18.8 Å². The molecule has 1 N–H and O–H groups in total. The Labute approximate surface area is 98.7 Å². The summed E-state index contributed by atoms with van der Waals surface area (Å²) in [5.74, 6) is 0.867. The molecule has 0 bridgehead atoms. The van der Waals surface area contributed by atoms with Gasteiger partial charge in [0.2, 0.25) is 0 Å². The van der Waals surface area contributed by atoms with Gasteiger partial charge in [-0.3, -0.25) is 0 Å². The van der Waals surface area contributed by atoms with Crippen LogP contribution in [-0.2, 0) is 0 Å². The van der Waals surface area contributed by atoms with E-state index in [1.807, 2.05) is 7.05 Å². The summed E-state index contributed by atoms with van der Waals surface area (Å²) in [7, 11) is 2.05. The Morgan fingerprint density at radius 3 is 2.38 bits per heavy atom. The Balaban J connectivity index is 1.91. The first kappa shape index (κ1) is 11.5. The number of benzene rings is 1. The molecule has 2 nitrogen and oxygen atoms in total. The maximum Gasteiger partial charge on any atom is 0.0366 e. The lowest BCUT2D eigenvalue weighted by Gasteiger charge is -2.33. The second-order valence-electron chi connectivity index (χ2n) is 4.82. The molecule has 0 atom stereocenters. The maximum atomic E-state index is 3.28. The molecule has 1 fully saturated rings. The fourth-order valence-corrected chi connectivity index (χ4v) is 2.44. The van der Waals surface area contributed by atoms with Crippen molar-refractivity contribution in [3.05, 3.63) is 29.8 Å². The van der Waals surface area contributed by atoms with Crippen molar-refractivity contribution in [2.75, 3.05) is 31.6 Å². The standard InChI is InChI=1S/C14H22N2/c1-12-3-5-14(6-4-12)16-9-7-13(8-10-16)11-15-2/h3-6,13,15H,7-11H2,1-2H3. The second kappa shape index (κ2) is 5.35. The lowest BCUT2D eigenvalue weighted by molar-refractivity contribution is 0.393. The lowest BCUT2D eigenvalue weighted by atomic mass is 9.96.